The minimum absolute atomic E-state index is 0.0435. The molecule has 2 aliphatic rings. The van der Waals surface area contributed by atoms with Crippen LogP contribution in [-0.2, 0) is 19.7 Å². The molecule has 0 spiro atoms. The van der Waals surface area contributed by atoms with Gasteiger partial charge in [-0.1, -0.05) is 25.1 Å². The standard InChI is InChI=1S/C16H23NO4S2/c1-13-7-9-17(10-8-13)15-11-22(18,19)12-16(15)23(20,21)14-5-3-2-4-6-14/h2-6,13,15-16H,7-12H2,1H3. The number of nitrogens with zero attached hydrogens (tertiary/aromatic N) is 1. The first-order chi connectivity index (χ1) is 10.8. The lowest BCUT2D eigenvalue weighted by Gasteiger charge is -2.36. The van der Waals surface area contributed by atoms with E-state index in [9.17, 15) is 16.8 Å². The molecule has 0 saturated carbocycles. The number of hydrogen-bond acceptors (Lipinski definition) is 5. The van der Waals surface area contributed by atoms with Crippen molar-refractivity contribution in [3.63, 3.8) is 0 Å². The fraction of sp³-hybridized carbons (Fsp3) is 0.625. The fourth-order valence-electron chi connectivity index (χ4n) is 3.58. The van der Waals surface area contributed by atoms with Gasteiger partial charge in [-0.3, -0.25) is 4.90 Å². The quantitative estimate of drug-likeness (QED) is 0.817. The summed E-state index contributed by atoms with van der Waals surface area (Å²) in [6, 6.07) is 7.79. The van der Waals surface area contributed by atoms with Crippen LogP contribution >= 0.6 is 0 Å². The minimum Gasteiger partial charge on any atom is -0.298 e. The van der Waals surface area contributed by atoms with Gasteiger partial charge in [0.1, 0.15) is 0 Å². The van der Waals surface area contributed by atoms with Crippen molar-refractivity contribution in [3.05, 3.63) is 30.3 Å². The number of likely N-dealkylation sites (tertiary alicyclic amines) is 1. The van der Waals surface area contributed by atoms with Crippen molar-refractivity contribution >= 4 is 19.7 Å². The summed E-state index contributed by atoms with van der Waals surface area (Å²) in [6.45, 7) is 3.74. The molecular weight excluding hydrogens is 334 g/mol. The van der Waals surface area contributed by atoms with Crippen molar-refractivity contribution in [2.24, 2.45) is 5.92 Å². The number of benzene rings is 1. The molecule has 2 fully saturated rings. The highest BCUT2D eigenvalue weighted by Gasteiger charge is 2.48. The van der Waals surface area contributed by atoms with Gasteiger partial charge >= 0.3 is 0 Å². The summed E-state index contributed by atoms with van der Waals surface area (Å²) in [5.74, 6) is 0.312. The molecule has 0 aliphatic carbocycles. The fourth-order valence-corrected chi connectivity index (χ4v) is 8.43. The molecule has 0 N–H and O–H groups in total. The van der Waals surface area contributed by atoms with Crippen LogP contribution in [0.3, 0.4) is 0 Å². The summed E-state index contributed by atoms with van der Waals surface area (Å²) in [7, 11) is -6.96. The zero-order valence-corrected chi connectivity index (χ0v) is 14.9. The highest BCUT2D eigenvalue weighted by Crippen LogP contribution is 2.31. The Balaban J connectivity index is 1.92. The molecule has 2 aliphatic heterocycles. The van der Waals surface area contributed by atoms with E-state index in [1.54, 1.807) is 30.3 Å². The third-order valence-corrected chi connectivity index (χ3v) is 9.16. The van der Waals surface area contributed by atoms with E-state index in [1.165, 1.54) is 0 Å². The van der Waals surface area contributed by atoms with Crippen molar-refractivity contribution in [3.8, 4) is 0 Å². The Morgan fingerprint density at radius 3 is 2.26 bits per heavy atom. The first-order valence-electron chi connectivity index (χ1n) is 8.03. The second-order valence-electron chi connectivity index (χ2n) is 6.76. The monoisotopic (exact) mass is 357 g/mol. The average Bonchev–Trinajstić information content (AvgIpc) is 2.85. The van der Waals surface area contributed by atoms with Gasteiger partial charge in [0.2, 0.25) is 0 Å². The van der Waals surface area contributed by atoms with Crippen LogP contribution in [0.5, 0.6) is 0 Å². The predicted octanol–water partition coefficient (Wildman–Crippen LogP) is 1.36. The number of rotatable bonds is 3. The second-order valence-corrected chi connectivity index (χ2v) is 11.1. The molecule has 2 heterocycles. The highest BCUT2D eigenvalue weighted by molar-refractivity contribution is 7.96. The molecule has 2 saturated heterocycles. The topological polar surface area (TPSA) is 71.5 Å². The zero-order valence-electron chi connectivity index (χ0n) is 13.3. The molecule has 5 nitrogen and oxygen atoms in total. The van der Waals surface area contributed by atoms with Gasteiger partial charge in [0, 0.05) is 6.04 Å². The van der Waals surface area contributed by atoms with E-state index in [2.05, 4.69) is 11.8 Å². The van der Waals surface area contributed by atoms with Crippen LogP contribution in [0, 0.1) is 5.92 Å². The summed E-state index contributed by atoms with van der Waals surface area (Å²) in [6.07, 6.45) is 1.99. The lowest BCUT2D eigenvalue weighted by atomic mass is 9.98. The second kappa shape index (κ2) is 6.18. The molecule has 0 amide bonds. The molecule has 0 radical (unpaired) electrons. The van der Waals surface area contributed by atoms with Gasteiger partial charge in [0.05, 0.1) is 21.7 Å². The Labute approximate surface area is 138 Å². The van der Waals surface area contributed by atoms with Gasteiger partial charge < -0.3 is 0 Å². The van der Waals surface area contributed by atoms with Crippen LogP contribution in [0.1, 0.15) is 19.8 Å². The molecule has 3 rings (SSSR count). The Morgan fingerprint density at radius 2 is 1.65 bits per heavy atom. The lowest BCUT2D eigenvalue weighted by Crippen LogP contribution is -2.49. The van der Waals surface area contributed by atoms with E-state index < -0.39 is 31.0 Å². The van der Waals surface area contributed by atoms with Crippen LogP contribution in [0.4, 0.5) is 0 Å². The summed E-state index contributed by atoms with van der Waals surface area (Å²) in [5.41, 5.74) is 0. The Hall–Kier alpha value is -0.920. The molecule has 7 heteroatoms. The number of sulfone groups is 2. The van der Waals surface area contributed by atoms with Crippen LogP contribution in [-0.4, -0.2) is 57.6 Å². The van der Waals surface area contributed by atoms with E-state index in [0.29, 0.717) is 5.92 Å². The Bertz CT molecular complexity index is 751. The van der Waals surface area contributed by atoms with E-state index >= 15 is 0 Å². The first-order valence-corrected chi connectivity index (χ1v) is 11.4. The maximum Gasteiger partial charge on any atom is 0.183 e. The lowest BCUT2D eigenvalue weighted by molar-refractivity contribution is 0.151. The van der Waals surface area contributed by atoms with Crippen LogP contribution < -0.4 is 0 Å². The summed E-state index contributed by atoms with van der Waals surface area (Å²) < 4.78 is 50.2. The molecular formula is C16H23NO4S2. The summed E-state index contributed by atoms with van der Waals surface area (Å²) in [4.78, 5) is 2.30. The van der Waals surface area contributed by atoms with Gasteiger partial charge in [-0.25, -0.2) is 16.8 Å². The maximum atomic E-state index is 12.9. The number of hydrogen-bond donors (Lipinski definition) is 0. The highest BCUT2D eigenvalue weighted by atomic mass is 32.2. The minimum atomic E-state index is -3.64. The van der Waals surface area contributed by atoms with E-state index in [4.69, 9.17) is 0 Å². The summed E-state index contributed by atoms with van der Waals surface area (Å²) in [5, 5.41) is -0.858. The van der Waals surface area contributed by atoms with Gasteiger partial charge in [-0.2, -0.15) is 0 Å². The van der Waals surface area contributed by atoms with Crippen LogP contribution in [0.2, 0.25) is 0 Å². The smallest absolute Gasteiger partial charge is 0.183 e. The Morgan fingerprint density at radius 1 is 1.04 bits per heavy atom. The molecule has 128 valence electrons. The van der Waals surface area contributed by atoms with Crippen molar-refractivity contribution in [2.75, 3.05) is 24.6 Å². The van der Waals surface area contributed by atoms with Crippen molar-refractivity contribution < 1.29 is 16.8 Å². The third-order valence-electron chi connectivity index (χ3n) is 5.03. The van der Waals surface area contributed by atoms with Gasteiger partial charge in [0.15, 0.2) is 19.7 Å². The maximum absolute atomic E-state index is 12.9. The molecule has 0 bridgehead atoms. The largest absolute Gasteiger partial charge is 0.298 e. The third kappa shape index (κ3) is 3.46. The van der Waals surface area contributed by atoms with Crippen LogP contribution in [0.25, 0.3) is 0 Å². The molecule has 0 aromatic heterocycles. The van der Waals surface area contributed by atoms with Crippen molar-refractivity contribution in [2.45, 2.75) is 36.0 Å². The first kappa shape index (κ1) is 16.9. The SMILES string of the molecule is CC1CCN(C2CS(=O)(=O)CC2S(=O)(=O)c2ccccc2)CC1. The Kier molecular flexibility index (Phi) is 4.55. The molecule has 2 atom stereocenters. The average molecular weight is 357 g/mol. The van der Waals surface area contributed by atoms with Gasteiger partial charge in [0.25, 0.3) is 0 Å². The van der Waals surface area contributed by atoms with E-state index in [0.717, 1.165) is 25.9 Å². The van der Waals surface area contributed by atoms with Crippen molar-refractivity contribution in [1.29, 1.82) is 0 Å². The normalized spacial score (nSPS) is 29.6. The summed E-state index contributed by atoms with van der Waals surface area (Å²) >= 11 is 0. The van der Waals surface area contributed by atoms with E-state index in [1.807, 2.05) is 0 Å². The number of piperidine rings is 1. The predicted molar refractivity (Wildman–Crippen MR) is 89.8 cm³/mol. The zero-order chi connectivity index (χ0) is 16.7. The molecule has 2 unspecified atom stereocenters. The molecule has 23 heavy (non-hydrogen) atoms. The van der Waals surface area contributed by atoms with Crippen LogP contribution in [0.15, 0.2) is 35.2 Å². The van der Waals surface area contributed by atoms with Crippen molar-refractivity contribution in [1.82, 2.24) is 4.90 Å². The molecule has 1 aromatic carbocycles. The van der Waals surface area contributed by atoms with Gasteiger partial charge in [-0.05, 0) is 44.0 Å². The van der Waals surface area contributed by atoms with Gasteiger partial charge in [-0.15, -0.1) is 0 Å². The van der Waals surface area contributed by atoms with E-state index in [-0.39, 0.29) is 16.4 Å². The molecule has 1 aromatic rings.